The third-order valence-corrected chi connectivity index (χ3v) is 4.06. The van der Waals surface area contributed by atoms with E-state index in [-0.39, 0.29) is 11.9 Å². The van der Waals surface area contributed by atoms with Crippen LogP contribution in [0.2, 0.25) is 0 Å². The number of pyridine rings is 1. The molecule has 1 saturated heterocycles. The summed E-state index contributed by atoms with van der Waals surface area (Å²) in [6.07, 6.45) is 1.44. The number of rotatable bonds is 2. The van der Waals surface area contributed by atoms with Crippen LogP contribution in [-0.2, 0) is 0 Å². The molecular weight excluding hydrogens is 273 g/mol. The van der Waals surface area contributed by atoms with Gasteiger partial charge in [-0.3, -0.25) is 4.98 Å². The van der Waals surface area contributed by atoms with Crippen molar-refractivity contribution in [3.05, 3.63) is 36.3 Å². The predicted octanol–water partition coefficient (Wildman–Crippen LogP) is 2.56. The zero-order chi connectivity index (χ0) is 15.0. The van der Waals surface area contributed by atoms with Gasteiger partial charge in [0.25, 0.3) is 0 Å². The van der Waals surface area contributed by atoms with Gasteiger partial charge in [0.2, 0.25) is 0 Å². The number of halogens is 1. The molecule has 0 bridgehead atoms. The average Bonchev–Trinajstić information content (AvgIpc) is 2.97. The molecule has 0 spiro atoms. The van der Waals surface area contributed by atoms with E-state index in [9.17, 15) is 9.18 Å². The van der Waals surface area contributed by atoms with Gasteiger partial charge in [-0.1, -0.05) is 0 Å². The Kier molecular flexibility index (Phi) is 3.37. The molecule has 2 aromatic rings. The van der Waals surface area contributed by atoms with E-state index in [2.05, 4.69) is 4.98 Å². The Bertz CT molecular complexity index is 692. The van der Waals surface area contributed by atoms with E-state index < -0.39 is 6.09 Å². The first-order chi connectivity index (χ1) is 10.1. The molecule has 110 valence electrons. The van der Waals surface area contributed by atoms with Crippen molar-refractivity contribution in [1.29, 1.82) is 0 Å². The lowest BCUT2D eigenvalue weighted by Crippen LogP contribution is -2.36. The summed E-state index contributed by atoms with van der Waals surface area (Å²) in [7, 11) is 1.91. The van der Waals surface area contributed by atoms with Gasteiger partial charge in [0.1, 0.15) is 11.3 Å². The van der Waals surface area contributed by atoms with Crippen molar-refractivity contribution in [3.63, 3.8) is 0 Å². The smallest absolute Gasteiger partial charge is 0.407 e. The first-order valence-corrected chi connectivity index (χ1v) is 6.82. The van der Waals surface area contributed by atoms with Gasteiger partial charge in [-0.2, -0.15) is 0 Å². The average molecular weight is 289 g/mol. The second-order valence-corrected chi connectivity index (χ2v) is 5.25. The number of aromatic nitrogens is 1. The normalized spacial score (nSPS) is 18.2. The molecule has 0 saturated carbocycles. The first-order valence-electron chi connectivity index (χ1n) is 6.82. The molecular formula is C15H16FN3O2. The number of likely N-dealkylation sites (tertiary alicyclic amines) is 1. The molecule has 1 aliphatic heterocycles. The number of nitrogens with zero attached hydrogens (tertiary/aromatic N) is 3. The topological polar surface area (TPSA) is 56.7 Å². The van der Waals surface area contributed by atoms with Gasteiger partial charge in [-0.25, -0.2) is 9.18 Å². The summed E-state index contributed by atoms with van der Waals surface area (Å²) >= 11 is 0. The summed E-state index contributed by atoms with van der Waals surface area (Å²) in [6.45, 7) is 0.993. The fourth-order valence-corrected chi connectivity index (χ4v) is 2.86. The van der Waals surface area contributed by atoms with Crippen LogP contribution in [0, 0.1) is 5.82 Å². The molecule has 0 radical (unpaired) electrons. The van der Waals surface area contributed by atoms with Crippen molar-refractivity contribution < 1.29 is 14.3 Å². The molecule has 1 aromatic carbocycles. The first kappa shape index (κ1) is 13.6. The van der Waals surface area contributed by atoms with Gasteiger partial charge in [0, 0.05) is 43.4 Å². The maximum Gasteiger partial charge on any atom is 0.407 e. The summed E-state index contributed by atoms with van der Waals surface area (Å²) in [5.74, 6) is -0.346. The van der Waals surface area contributed by atoms with E-state index in [1.165, 1.54) is 11.0 Å². The number of amides is 1. The van der Waals surface area contributed by atoms with Crippen molar-refractivity contribution >= 4 is 22.7 Å². The highest BCUT2D eigenvalue weighted by molar-refractivity contribution is 5.92. The van der Waals surface area contributed by atoms with Crippen molar-refractivity contribution in [2.45, 2.75) is 12.5 Å². The molecule has 21 heavy (non-hydrogen) atoms. The number of hydrogen-bond acceptors (Lipinski definition) is 3. The maximum absolute atomic E-state index is 13.8. The van der Waals surface area contributed by atoms with Crippen LogP contribution in [0.1, 0.15) is 6.42 Å². The third-order valence-electron chi connectivity index (χ3n) is 4.06. The lowest BCUT2D eigenvalue weighted by Gasteiger charge is -2.27. The molecule has 1 amide bonds. The monoisotopic (exact) mass is 289 g/mol. The SMILES string of the molecule is CN(c1ccc(F)c2ncccc12)C1CCN(C(=O)O)C1. The second-order valence-electron chi connectivity index (χ2n) is 5.25. The van der Waals surface area contributed by atoms with Crippen molar-refractivity contribution in [2.24, 2.45) is 0 Å². The molecule has 1 atom stereocenters. The van der Waals surface area contributed by atoms with Gasteiger partial charge < -0.3 is 14.9 Å². The number of carbonyl (C=O) groups is 1. The van der Waals surface area contributed by atoms with Crippen LogP contribution in [0.25, 0.3) is 10.9 Å². The van der Waals surface area contributed by atoms with E-state index in [0.29, 0.717) is 18.6 Å². The van der Waals surface area contributed by atoms with Crippen molar-refractivity contribution in [2.75, 3.05) is 25.0 Å². The van der Waals surface area contributed by atoms with E-state index >= 15 is 0 Å². The second kappa shape index (κ2) is 5.20. The Balaban J connectivity index is 1.94. The summed E-state index contributed by atoms with van der Waals surface area (Å²) in [5.41, 5.74) is 1.21. The van der Waals surface area contributed by atoms with Crippen LogP contribution in [0.3, 0.4) is 0 Å². The molecule has 0 aliphatic carbocycles. The Morgan fingerprint density at radius 2 is 2.29 bits per heavy atom. The number of carboxylic acid groups (broad SMARTS) is 1. The van der Waals surface area contributed by atoms with Crippen molar-refractivity contribution in [3.8, 4) is 0 Å². The Hall–Kier alpha value is -2.37. The van der Waals surface area contributed by atoms with Crippen LogP contribution in [0.5, 0.6) is 0 Å². The molecule has 6 heteroatoms. The van der Waals surface area contributed by atoms with E-state index in [1.54, 1.807) is 18.3 Å². The fraction of sp³-hybridized carbons (Fsp3) is 0.333. The standard InChI is InChI=1S/C15H16FN3O2/c1-18(10-6-8-19(9-10)15(20)21)13-5-4-12(16)14-11(13)3-2-7-17-14/h2-5,7,10H,6,8-9H2,1H3,(H,20,21). The minimum Gasteiger partial charge on any atom is -0.465 e. The van der Waals surface area contributed by atoms with Gasteiger partial charge in [-0.05, 0) is 30.7 Å². The van der Waals surface area contributed by atoms with Crippen molar-refractivity contribution in [1.82, 2.24) is 9.88 Å². The maximum atomic E-state index is 13.8. The lowest BCUT2D eigenvalue weighted by molar-refractivity contribution is 0.155. The number of likely N-dealkylation sites (N-methyl/N-ethyl adjacent to an activating group) is 1. The molecule has 1 aromatic heterocycles. The Morgan fingerprint density at radius 1 is 1.48 bits per heavy atom. The number of hydrogen-bond donors (Lipinski definition) is 1. The van der Waals surface area contributed by atoms with Crippen LogP contribution >= 0.6 is 0 Å². The van der Waals surface area contributed by atoms with Gasteiger partial charge in [0.05, 0.1) is 0 Å². The number of benzene rings is 1. The molecule has 2 heterocycles. The van der Waals surface area contributed by atoms with Gasteiger partial charge in [0.15, 0.2) is 0 Å². The zero-order valence-corrected chi connectivity index (χ0v) is 11.7. The van der Waals surface area contributed by atoms with E-state index in [4.69, 9.17) is 5.11 Å². The molecule has 1 aliphatic rings. The summed E-state index contributed by atoms with van der Waals surface area (Å²) in [4.78, 5) is 18.5. The highest BCUT2D eigenvalue weighted by Crippen LogP contribution is 2.29. The van der Waals surface area contributed by atoms with Crippen LogP contribution < -0.4 is 4.90 Å². The summed E-state index contributed by atoms with van der Waals surface area (Å²) in [5, 5.41) is 9.78. The van der Waals surface area contributed by atoms with E-state index in [1.807, 2.05) is 18.0 Å². The Morgan fingerprint density at radius 3 is 3.00 bits per heavy atom. The number of anilines is 1. The highest BCUT2D eigenvalue weighted by atomic mass is 19.1. The summed E-state index contributed by atoms with van der Waals surface area (Å²) < 4.78 is 13.8. The van der Waals surface area contributed by atoms with Crippen LogP contribution in [0.4, 0.5) is 14.9 Å². The molecule has 1 fully saturated rings. The number of fused-ring (bicyclic) bond motifs is 1. The third kappa shape index (κ3) is 2.37. The zero-order valence-electron chi connectivity index (χ0n) is 11.7. The predicted molar refractivity (Wildman–Crippen MR) is 78.1 cm³/mol. The molecule has 1 N–H and O–H groups in total. The summed E-state index contributed by atoms with van der Waals surface area (Å²) in [6, 6.07) is 6.83. The highest BCUT2D eigenvalue weighted by Gasteiger charge is 2.29. The molecule has 1 unspecified atom stereocenters. The Labute approximate surface area is 121 Å². The lowest BCUT2D eigenvalue weighted by atomic mass is 10.1. The van der Waals surface area contributed by atoms with Crippen LogP contribution in [-0.4, -0.2) is 47.3 Å². The minimum absolute atomic E-state index is 0.0926. The fourth-order valence-electron chi connectivity index (χ4n) is 2.86. The van der Waals surface area contributed by atoms with Gasteiger partial charge in [-0.15, -0.1) is 0 Å². The largest absolute Gasteiger partial charge is 0.465 e. The molecule has 3 rings (SSSR count). The quantitative estimate of drug-likeness (QED) is 0.923. The van der Waals surface area contributed by atoms with Gasteiger partial charge >= 0.3 is 6.09 Å². The molecule has 5 nitrogen and oxygen atoms in total. The van der Waals surface area contributed by atoms with E-state index in [0.717, 1.165) is 17.5 Å². The minimum atomic E-state index is -0.892. The van der Waals surface area contributed by atoms with Crippen LogP contribution in [0.15, 0.2) is 30.5 Å².